The molecule has 0 saturated heterocycles. The summed E-state index contributed by atoms with van der Waals surface area (Å²) in [5.74, 6) is 7.14. The van der Waals surface area contributed by atoms with Crippen molar-refractivity contribution < 1.29 is 53.3 Å². The van der Waals surface area contributed by atoms with Crippen LogP contribution in [0, 0.1) is 73.0 Å². The third kappa shape index (κ3) is 50.9. The van der Waals surface area contributed by atoms with Crippen molar-refractivity contribution in [2.45, 2.75) is 455 Å². The van der Waals surface area contributed by atoms with E-state index in [-0.39, 0.29) is 76.0 Å². The van der Waals surface area contributed by atoms with Crippen molar-refractivity contribution in [2.75, 3.05) is 14.1 Å². The van der Waals surface area contributed by atoms with Crippen molar-refractivity contribution >= 4 is 23.6 Å². The quantitative estimate of drug-likeness (QED) is 0.0450. The molecule has 8 unspecified atom stereocenters. The summed E-state index contributed by atoms with van der Waals surface area (Å²) in [6, 6.07) is 4.66. The van der Waals surface area contributed by atoms with Crippen molar-refractivity contribution in [1.82, 2.24) is 31.2 Å². The number of aromatic amines is 2. The van der Waals surface area contributed by atoms with Crippen molar-refractivity contribution in [1.29, 1.82) is 0 Å². The van der Waals surface area contributed by atoms with Crippen LogP contribution in [0.2, 0.25) is 0 Å². The number of nitrogens with one attached hydrogen (secondary N) is 6. The van der Waals surface area contributed by atoms with E-state index in [1.165, 1.54) is 252 Å². The van der Waals surface area contributed by atoms with Gasteiger partial charge in [-0.3, -0.25) is 19.2 Å². The number of carbonyl (C=O) groups excluding carboxylic acids is 4. The topological polar surface area (TPSA) is 148 Å². The molecule has 5 aliphatic rings. The molecule has 0 bridgehead atoms. The number of aromatic nitrogens is 2. The monoisotopic (exact) mass is 1560 g/mol. The zero-order chi connectivity index (χ0) is 78.5. The Morgan fingerprint density at radius 2 is 0.590 bits per heavy atom. The Morgan fingerprint density at radius 3 is 0.762 bits per heavy atom. The Morgan fingerprint density at radius 1 is 0.381 bits per heavy atom. The van der Waals surface area contributed by atoms with Crippen LogP contribution in [0.3, 0.4) is 0 Å². The smallest absolute Gasteiger partial charge is 0.220 e. The Kier molecular flexibility index (Phi) is 81.8. The van der Waals surface area contributed by atoms with Gasteiger partial charge in [0.1, 0.15) is 0 Å². The molecule has 0 radical (unpaired) electrons. The normalized spacial score (nSPS) is 17.0. The molecular weight excluding hydrogens is 1380 g/mol. The molecule has 2 aromatic heterocycles. The molecule has 12 heteroatoms. The van der Waals surface area contributed by atoms with E-state index < -0.39 is 0 Å². The van der Waals surface area contributed by atoms with Crippen LogP contribution in [0.5, 0.6) is 0 Å². The van der Waals surface area contributed by atoms with Gasteiger partial charge in [-0.2, -0.15) is 0 Å². The fraction of sp³-hybridized carbons (Fsp3) is 0.871. The number of H-pyrrole nitrogens is 2. The standard InChI is InChI=1S/2C25H44N2O.2C8H15NO.C4H8.5C4H10.C2H6.CH4.2Fe/c2*1-8-17(3)19(5)25(7,18(4)9-2)23-15-22(20(6)27-23)16-26-24(28)14-21-12-10-11-13-21;2*1-9-8(10)6-7-4-2-3-5-7;1-2-4-3-1;5*1-3-4-2;1-2;;;/h2*15,17-19,21,27H,8-14,16H2,1-7H3,(H,26,28);2*7H,2-6H2,1H3,(H,9,10);1-4H2;5*3-4H2,1-2H3;1-2H3;1H4;;. The molecule has 0 aromatic carbocycles. The molecule has 4 amide bonds. The largest absolute Gasteiger partial charge is 0.362 e. The maximum absolute atomic E-state index is 12.4. The molecule has 628 valence electrons. The van der Waals surface area contributed by atoms with E-state index in [1.807, 2.05) is 13.8 Å². The summed E-state index contributed by atoms with van der Waals surface area (Å²) >= 11 is 0. The summed E-state index contributed by atoms with van der Waals surface area (Å²) in [6.07, 6.45) is 47.2. The molecule has 7 rings (SSSR count). The first-order valence-corrected chi connectivity index (χ1v) is 44.0. The van der Waals surface area contributed by atoms with Crippen molar-refractivity contribution in [2.24, 2.45) is 59.2 Å². The molecule has 5 aliphatic carbocycles. The number of hydrogen-bond acceptors (Lipinski definition) is 4. The van der Waals surface area contributed by atoms with Gasteiger partial charge in [-0.25, -0.2) is 0 Å². The summed E-state index contributed by atoms with van der Waals surface area (Å²) in [6.45, 7) is 59.8. The molecule has 105 heavy (non-hydrogen) atoms. The van der Waals surface area contributed by atoms with Gasteiger partial charge >= 0.3 is 0 Å². The van der Waals surface area contributed by atoms with Crippen molar-refractivity contribution in [3.8, 4) is 0 Å². The Hall–Kier alpha value is -2.52. The minimum atomic E-state index is 0. The van der Waals surface area contributed by atoms with Crippen LogP contribution in [0.15, 0.2) is 12.1 Å². The minimum Gasteiger partial charge on any atom is -0.362 e. The summed E-state index contributed by atoms with van der Waals surface area (Å²) < 4.78 is 0. The van der Waals surface area contributed by atoms with Gasteiger partial charge < -0.3 is 31.2 Å². The predicted octanol–water partition coefficient (Wildman–Crippen LogP) is 27.9. The fourth-order valence-electron chi connectivity index (χ4n) is 13.7. The fourth-order valence-corrected chi connectivity index (χ4v) is 13.7. The van der Waals surface area contributed by atoms with E-state index in [4.69, 9.17) is 0 Å². The number of aryl methyl sites for hydroxylation is 2. The SMILES string of the molecule is C.C1CCC1.CC.CCC(C)C(C)C(C)(c1cc(CNC(=O)CC2CCCC2)c(C)[nH]1)C(C)CC.CCC(C)C(C)C(C)(c1cc(CNC(=O)CC2CCCC2)c(C)[nH]1)C(C)CC.CCCC.CCCC.CCCC.CCCC.CCCC.CNC(=O)CC1CCCC1.CNC(=O)CC1CCCC1.[Fe].[Fe]. The first-order valence-electron chi connectivity index (χ1n) is 44.0. The summed E-state index contributed by atoms with van der Waals surface area (Å²) in [7, 11) is 3.41. The molecule has 0 spiro atoms. The second-order valence-corrected chi connectivity index (χ2v) is 31.9. The van der Waals surface area contributed by atoms with Crippen LogP contribution in [0.1, 0.15) is 451 Å². The van der Waals surface area contributed by atoms with Crippen molar-refractivity contribution in [3.05, 3.63) is 46.0 Å². The first-order chi connectivity index (χ1) is 48.7. The zero-order valence-corrected chi connectivity index (χ0v) is 76.8. The van der Waals surface area contributed by atoms with Crippen molar-refractivity contribution in [3.63, 3.8) is 0 Å². The van der Waals surface area contributed by atoms with E-state index in [1.54, 1.807) is 14.1 Å². The van der Waals surface area contributed by atoms with Gasteiger partial charge in [0.05, 0.1) is 0 Å². The third-order valence-electron chi connectivity index (χ3n) is 24.4. The number of rotatable bonds is 29. The number of amides is 4. The third-order valence-corrected chi connectivity index (χ3v) is 24.4. The van der Waals surface area contributed by atoms with Crippen LogP contribution >= 0.6 is 0 Å². The number of carbonyl (C=O) groups is 4. The molecule has 2 heterocycles. The van der Waals surface area contributed by atoms with Gasteiger partial charge in [-0.1, -0.05) is 341 Å². The number of unbranched alkanes of at least 4 members (excludes halogenated alkanes) is 5. The van der Waals surface area contributed by atoms with Crippen LogP contribution in [0.25, 0.3) is 0 Å². The maximum Gasteiger partial charge on any atom is 0.220 e. The molecule has 5 fully saturated rings. The Balaban J connectivity index is -0.000000228. The summed E-state index contributed by atoms with van der Waals surface area (Å²) in [4.78, 5) is 53.8. The van der Waals surface area contributed by atoms with Crippen LogP contribution in [0.4, 0.5) is 0 Å². The van der Waals surface area contributed by atoms with Crippen LogP contribution in [-0.2, 0) is 77.2 Å². The van der Waals surface area contributed by atoms with Gasteiger partial charge in [0.2, 0.25) is 23.6 Å². The molecule has 6 N–H and O–H groups in total. The molecular formula is C93H186Fe2N6O4. The average molecular weight is 1560 g/mol. The van der Waals surface area contributed by atoms with Crippen LogP contribution in [-0.4, -0.2) is 47.7 Å². The Labute approximate surface area is 678 Å². The van der Waals surface area contributed by atoms with Gasteiger partial charge in [0, 0.05) is 121 Å². The molecule has 8 atom stereocenters. The average Bonchev–Trinajstić information content (AvgIpc) is 1.74. The van der Waals surface area contributed by atoms with E-state index >= 15 is 0 Å². The summed E-state index contributed by atoms with van der Waals surface area (Å²) in [5, 5.41) is 11.7. The second-order valence-electron chi connectivity index (χ2n) is 31.9. The van der Waals surface area contributed by atoms with E-state index in [2.05, 4.69) is 210 Å². The van der Waals surface area contributed by atoms with E-state index in [9.17, 15) is 19.2 Å². The van der Waals surface area contributed by atoms with Crippen LogP contribution < -0.4 is 21.3 Å². The summed E-state index contributed by atoms with van der Waals surface area (Å²) in [5.41, 5.74) is 7.77. The maximum atomic E-state index is 12.4. The van der Waals surface area contributed by atoms with Gasteiger partial charge in [0.15, 0.2) is 0 Å². The zero-order valence-electron chi connectivity index (χ0n) is 74.6. The molecule has 10 nitrogen and oxygen atoms in total. The van der Waals surface area contributed by atoms with E-state index in [0.717, 1.165) is 12.8 Å². The van der Waals surface area contributed by atoms with Gasteiger partial charge in [-0.05, 0) is 148 Å². The van der Waals surface area contributed by atoms with E-state index in [0.29, 0.717) is 85.1 Å². The molecule has 2 aromatic rings. The Bertz CT molecular complexity index is 2060. The van der Waals surface area contributed by atoms with Gasteiger partial charge in [-0.15, -0.1) is 0 Å². The number of hydrogen-bond donors (Lipinski definition) is 6. The molecule has 5 saturated carbocycles. The first kappa shape index (κ1) is 116. The predicted molar refractivity (Wildman–Crippen MR) is 459 cm³/mol. The molecule has 0 aliphatic heterocycles. The van der Waals surface area contributed by atoms with Gasteiger partial charge in [0.25, 0.3) is 0 Å². The second kappa shape index (κ2) is 74.2. The minimum absolute atomic E-state index is 0.